The number of carbonyl (C=O) groups is 1. The number of aliphatic hydroxyl groups is 1. The van der Waals surface area contributed by atoms with Gasteiger partial charge in [0.05, 0.1) is 18.8 Å². The lowest BCUT2D eigenvalue weighted by Gasteiger charge is -2.20. The topological polar surface area (TPSA) is 46.5 Å². The minimum atomic E-state index is -1.06. The highest BCUT2D eigenvalue weighted by Gasteiger charge is 2.19. The summed E-state index contributed by atoms with van der Waals surface area (Å²) in [6.07, 6.45) is 0.799. The Kier molecular flexibility index (Phi) is 4.46. The summed E-state index contributed by atoms with van der Waals surface area (Å²) in [5, 5.41) is 9.64. The minimum absolute atomic E-state index is 0.0990. The summed E-state index contributed by atoms with van der Waals surface area (Å²) in [7, 11) is 0. The number of carbonyl (C=O) groups excluding carboxylic acids is 1. The summed E-state index contributed by atoms with van der Waals surface area (Å²) in [6.45, 7) is 2.21. The Morgan fingerprint density at radius 2 is 2.07 bits per heavy atom. The van der Waals surface area contributed by atoms with Gasteiger partial charge in [0, 0.05) is 6.42 Å². The number of aldehydes is 1. The molecule has 1 N–H and O–H groups in total. The predicted octanol–water partition coefficient (Wildman–Crippen LogP) is 1.54. The fraction of sp³-hybridized carbons (Fsp3) is 0.417. The Bertz CT molecular complexity index is 293. The van der Waals surface area contributed by atoms with Gasteiger partial charge in [-0.3, -0.25) is 0 Å². The van der Waals surface area contributed by atoms with Crippen molar-refractivity contribution in [3.05, 3.63) is 35.9 Å². The second-order valence-corrected chi connectivity index (χ2v) is 3.85. The molecule has 0 aliphatic rings. The second kappa shape index (κ2) is 5.63. The molecule has 1 rings (SSSR count). The standard InChI is InChI=1S/C12H16O3/c1-12(14,7-8-13)10-15-9-11-5-3-2-4-6-11/h2-6,8,14H,7,9-10H2,1H3/t12-/m0/s1. The fourth-order valence-corrected chi connectivity index (χ4v) is 1.20. The molecule has 0 unspecified atom stereocenters. The molecule has 1 aromatic rings. The van der Waals surface area contributed by atoms with Crippen molar-refractivity contribution in [2.24, 2.45) is 0 Å². The van der Waals surface area contributed by atoms with Gasteiger partial charge < -0.3 is 14.6 Å². The van der Waals surface area contributed by atoms with Crippen molar-refractivity contribution >= 4 is 6.29 Å². The first-order chi connectivity index (χ1) is 7.14. The zero-order valence-electron chi connectivity index (χ0n) is 8.85. The summed E-state index contributed by atoms with van der Waals surface area (Å²) in [5.41, 5.74) is -0.00399. The van der Waals surface area contributed by atoms with Gasteiger partial charge in [0.25, 0.3) is 0 Å². The van der Waals surface area contributed by atoms with E-state index in [2.05, 4.69) is 0 Å². The van der Waals surface area contributed by atoms with Crippen LogP contribution in [0.2, 0.25) is 0 Å². The quantitative estimate of drug-likeness (QED) is 0.721. The maximum absolute atomic E-state index is 10.2. The molecule has 0 fully saturated rings. The molecule has 0 aromatic heterocycles. The van der Waals surface area contributed by atoms with Crippen molar-refractivity contribution in [2.45, 2.75) is 25.6 Å². The molecule has 0 aliphatic heterocycles. The lowest BCUT2D eigenvalue weighted by molar-refractivity contribution is -0.114. The van der Waals surface area contributed by atoms with Gasteiger partial charge in [-0.25, -0.2) is 0 Å². The summed E-state index contributed by atoms with van der Waals surface area (Å²) >= 11 is 0. The molecule has 1 aromatic carbocycles. The molecule has 1 atom stereocenters. The van der Waals surface area contributed by atoms with Crippen LogP contribution in [0.5, 0.6) is 0 Å². The molecule has 3 nitrogen and oxygen atoms in total. The Morgan fingerprint density at radius 3 is 2.67 bits per heavy atom. The Morgan fingerprint density at radius 1 is 1.40 bits per heavy atom. The zero-order chi connectivity index (χ0) is 11.1. The molecule has 82 valence electrons. The molecule has 0 spiro atoms. The van der Waals surface area contributed by atoms with E-state index in [0.29, 0.717) is 12.9 Å². The predicted molar refractivity (Wildman–Crippen MR) is 57.4 cm³/mol. The average Bonchev–Trinajstić information content (AvgIpc) is 2.19. The molecule has 0 bridgehead atoms. The molecule has 3 heteroatoms. The first-order valence-electron chi connectivity index (χ1n) is 4.92. The van der Waals surface area contributed by atoms with Crippen LogP contribution < -0.4 is 0 Å². The molecule has 0 saturated heterocycles. The van der Waals surface area contributed by atoms with Crippen molar-refractivity contribution in [1.29, 1.82) is 0 Å². The first-order valence-corrected chi connectivity index (χ1v) is 4.92. The third kappa shape index (κ3) is 4.72. The molecule has 15 heavy (non-hydrogen) atoms. The van der Waals surface area contributed by atoms with Crippen molar-refractivity contribution in [1.82, 2.24) is 0 Å². The summed E-state index contributed by atoms with van der Waals surface area (Å²) in [5.74, 6) is 0. The van der Waals surface area contributed by atoms with E-state index >= 15 is 0 Å². The first kappa shape index (κ1) is 11.9. The van der Waals surface area contributed by atoms with Crippen LogP contribution in [0.4, 0.5) is 0 Å². The summed E-state index contributed by atoms with van der Waals surface area (Å²) in [6, 6.07) is 9.71. The number of hydrogen-bond acceptors (Lipinski definition) is 3. The third-order valence-corrected chi connectivity index (χ3v) is 2.05. The van der Waals surface area contributed by atoms with E-state index in [1.165, 1.54) is 0 Å². The van der Waals surface area contributed by atoms with Gasteiger partial charge in [0.2, 0.25) is 0 Å². The number of benzene rings is 1. The van der Waals surface area contributed by atoms with Gasteiger partial charge in [-0.05, 0) is 12.5 Å². The van der Waals surface area contributed by atoms with Crippen molar-refractivity contribution < 1.29 is 14.6 Å². The van der Waals surface area contributed by atoms with Crippen LogP contribution >= 0.6 is 0 Å². The maximum Gasteiger partial charge on any atom is 0.122 e. The van der Waals surface area contributed by atoms with Crippen LogP contribution in [0.15, 0.2) is 30.3 Å². The smallest absolute Gasteiger partial charge is 0.122 e. The van der Waals surface area contributed by atoms with Crippen LogP contribution in [-0.2, 0) is 16.1 Å². The van der Waals surface area contributed by atoms with E-state index in [9.17, 15) is 9.90 Å². The molecule has 0 radical (unpaired) electrons. The van der Waals surface area contributed by atoms with Crippen LogP contribution in [0, 0.1) is 0 Å². The van der Waals surface area contributed by atoms with Crippen molar-refractivity contribution in [3.63, 3.8) is 0 Å². The number of hydrogen-bond donors (Lipinski definition) is 1. The highest BCUT2D eigenvalue weighted by Crippen LogP contribution is 2.09. The van der Waals surface area contributed by atoms with Gasteiger partial charge in [0.1, 0.15) is 6.29 Å². The van der Waals surface area contributed by atoms with Gasteiger partial charge in [-0.15, -0.1) is 0 Å². The summed E-state index contributed by atoms with van der Waals surface area (Å²) in [4.78, 5) is 10.2. The molecule has 0 aliphatic carbocycles. The van der Waals surface area contributed by atoms with Crippen molar-refractivity contribution in [2.75, 3.05) is 6.61 Å². The lowest BCUT2D eigenvalue weighted by atomic mass is 10.1. The second-order valence-electron chi connectivity index (χ2n) is 3.85. The largest absolute Gasteiger partial charge is 0.387 e. The van der Waals surface area contributed by atoms with Crippen LogP contribution in [-0.4, -0.2) is 23.6 Å². The molecule has 0 saturated carbocycles. The SMILES string of the molecule is C[C@](O)(CC=O)COCc1ccccc1. The van der Waals surface area contributed by atoms with E-state index < -0.39 is 5.60 Å². The molecule has 0 heterocycles. The Hall–Kier alpha value is -1.19. The van der Waals surface area contributed by atoms with E-state index in [0.717, 1.165) is 5.56 Å². The normalized spacial score (nSPS) is 14.5. The van der Waals surface area contributed by atoms with Gasteiger partial charge in [-0.1, -0.05) is 30.3 Å². The van der Waals surface area contributed by atoms with Gasteiger partial charge >= 0.3 is 0 Å². The van der Waals surface area contributed by atoms with Crippen LogP contribution in [0.25, 0.3) is 0 Å². The van der Waals surface area contributed by atoms with E-state index in [1.54, 1.807) is 6.92 Å². The number of ether oxygens (including phenoxy) is 1. The fourth-order valence-electron chi connectivity index (χ4n) is 1.20. The zero-order valence-corrected chi connectivity index (χ0v) is 8.85. The highest BCUT2D eigenvalue weighted by molar-refractivity contribution is 5.51. The maximum atomic E-state index is 10.2. The Labute approximate surface area is 89.7 Å². The molecule has 0 amide bonds. The van der Waals surface area contributed by atoms with Crippen molar-refractivity contribution in [3.8, 4) is 0 Å². The van der Waals surface area contributed by atoms with E-state index in [1.807, 2.05) is 30.3 Å². The van der Waals surface area contributed by atoms with Gasteiger partial charge in [0.15, 0.2) is 0 Å². The molecular weight excluding hydrogens is 192 g/mol. The van der Waals surface area contributed by atoms with Crippen LogP contribution in [0.3, 0.4) is 0 Å². The lowest BCUT2D eigenvalue weighted by Crippen LogP contribution is -2.30. The minimum Gasteiger partial charge on any atom is -0.387 e. The molecular formula is C12H16O3. The van der Waals surface area contributed by atoms with Gasteiger partial charge in [-0.2, -0.15) is 0 Å². The summed E-state index contributed by atoms with van der Waals surface area (Å²) < 4.78 is 5.33. The average molecular weight is 208 g/mol. The van der Waals surface area contributed by atoms with E-state index in [4.69, 9.17) is 4.74 Å². The van der Waals surface area contributed by atoms with Crippen LogP contribution in [0.1, 0.15) is 18.9 Å². The number of rotatable bonds is 6. The van der Waals surface area contributed by atoms with E-state index in [-0.39, 0.29) is 13.0 Å². The monoisotopic (exact) mass is 208 g/mol. The highest BCUT2D eigenvalue weighted by atomic mass is 16.5. The third-order valence-electron chi connectivity index (χ3n) is 2.05. The Balaban J connectivity index is 2.30.